The number of Topliss-reactive ketones (excluding diaryl/α,β-unsaturated/α-hetero) is 1. The van der Waals surface area contributed by atoms with Gasteiger partial charge >= 0.3 is 5.97 Å². The summed E-state index contributed by atoms with van der Waals surface area (Å²) in [7, 11) is -0.851. The average Bonchev–Trinajstić information content (AvgIpc) is 2.99. The highest BCUT2D eigenvalue weighted by Gasteiger charge is 2.21. The number of hydrogen-bond donors (Lipinski definition) is 0. The van der Waals surface area contributed by atoms with Crippen LogP contribution < -0.4 is 0 Å². The van der Waals surface area contributed by atoms with Gasteiger partial charge in [-0.1, -0.05) is 6.07 Å². The van der Waals surface area contributed by atoms with Crippen LogP contribution in [0.4, 0.5) is 0 Å². The predicted octanol–water partition coefficient (Wildman–Crippen LogP) is 3.11. The van der Waals surface area contributed by atoms with E-state index in [9.17, 15) is 18.0 Å². The summed E-state index contributed by atoms with van der Waals surface area (Å²) in [6, 6.07) is 7.60. The lowest BCUT2D eigenvalue weighted by Gasteiger charge is -2.13. The summed E-state index contributed by atoms with van der Waals surface area (Å²) in [5.41, 5.74) is 0.678. The van der Waals surface area contributed by atoms with Crippen molar-refractivity contribution in [3.05, 3.63) is 50.1 Å². The number of halogens is 1. The number of nitrogens with zero attached hydrogens (tertiary/aromatic N) is 1. The molecule has 134 valence electrons. The van der Waals surface area contributed by atoms with Gasteiger partial charge in [0.1, 0.15) is 0 Å². The van der Waals surface area contributed by atoms with Crippen molar-refractivity contribution >= 4 is 49.0 Å². The third-order valence-electron chi connectivity index (χ3n) is 3.39. The minimum Gasteiger partial charge on any atom is -0.454 e. The molecule has 2 aromatic rings. The van der Waals surface area contributed by atoms with E-state index in [2.05, 4.69) is 15.9 Å². The third-order valence-corrected chi connectivity index (χ3v) is 6.87. The summed E-state index contributed by atoms with van der Waals surface area (Å²) in [6.45, 7) is 1.26. The summed E-state index contributed by atoms with van der Waals surface area (Å²) in [6.07, 6.45) is 0. The van der Waals surface area contributed by atoms with Crippen LogP contribution in [0.1, 0.15) is 25.6 Å². The second-order valence-electron chi connectivity index (χ2n) is 5.37. The maximum Gasteiger partial charge on any atom is 0.338 e. The molecular weight excluding hydrogens is 430 g/mol. The van der Waals surface area contributed by atoms with Crippen molar-refractivity contribution < 1.29 is 22.7 Å². The molecule has 0 aliphatic rings. The van der Waals surface area contributed by atoms with Crippen molar-refractivity contribution in [1.82, 2.24) is 4.31 Å². The molecule has 0 saturated heterocycles. The van der Waals surface area contributed by atoms with E-state index in [0.717, 1.165) is 8.09 Å². The second kappa shape index (κ2) is 7.77. The molecular formula is C16H16BrNO5S2. The van der Waals surface area contributed by atoms with Gasteiger partial charge in [0, 0.05) is 14.1 Å². The molecule has 0 bridgehead atoms. The van der Waals surface area contributed by atoms with Crippen LogP contribution in [0, 0.1) is 6.92 Å². The zero-order valence-corrected chi connectivity index (χ0v) is 17.0. The molecule has 1 aromatic carbocycles. The van der Waals surface area contributed by atoms with E-state index >= 15 is 0 Å². The van der Waals surface area contributed by atoms with Crippen LogP contribution in [0.25, 0.3) is 0 Å². The van der Waals surface area contributed by atoms with Crippen LogP contribution in [0.15, 0.2) is 39.0 Å². The van der Waals surface area contributed by atoms with Crippen LogP contribution in [0.2, 0.25) is 0 Å². The zero-order valence-electron chi connectivity index (χ0n) is 13.8. The molecule has 0 N–H and O–H groups in total. The molecule has 1 heterocycles. The quantitative estimate of drug-likeness (QED) is 0.503. The largest absolute Gasteiger partial charge is 0.454 e. The molecule has 6 nitrogen and oxygen atoms in total. The van der Waals surface area contributed by atoms with Crippen molar-refractivity contribution in [2.75, 3.05) is 20.7 Å². The lowest BCUT2D eigenvalue weighted by molar-refractivity contribution is 0.0475. The Morgan fingerprint density at radius 1 is 1.20 bits per heavy atom. The molecule has 0 fully saturated rings. The van der Waals surface area contributed by atoms with Gasteiger partial charge in [-0.2, -0.15) is 0 Å². The minimum absolute atomic E-state index is 0.0106. The van der Waals surface area contributed by atoms with Crippen LogP contribution in [0.3, 0.4) is 0 Å². The Kier molecular flexibility index (Phi) is 6.15. The first-order valence-electron chi connectivity index (χ1n) is 7.12. The van der Waals surface area contributed by atoms with Crippen molar-refractivity contribution in [2.45, 2.75) is 11.8 Å². The number of carbonyl (C=O) groups excluding carboxylic acids is 2. The Bertz CT molecular complexity index is 918. The molecule has 25 heavy (non-hydrogen) atoms. The molecule has 0 amide bonds. The van der Waals surface area contributed by atoms with Crippen LogP contribution >= 0.6 is 27.3 Å². The second-order valence-corrected chi connectivity index (χ2v) is 9.98. The first kappa shape index (κ1) is 19.8. The molecule has 1 aromatic heterocycles. The fourth-order valence-electron chi connectivity index (χ4n) is 1.94. The molecule has 9 heteroatoms. The van der Waals surface area contributed by atoms with E-state index in [1.807, 2.05) is 0 Å². The minimum atomic E-state index is -3.67. The van der Waals surface area contributed by atoms with E-state index < -0.39 is 22.6 Å². The molecule has 0 spiro atoms. The van der Waals surface area contributed by atoms with Crippen molar-refractivity contribution in [3.63, 3.8) is 0 Å². The van der Waals surface area contributed by atoms with Gasteiger partial charge in [-0.25, -0.2) is 17.5 Å². The van der Waals surface area contributed by atoms with Gasteiger partial charge in [-0.05, 0) is 52.7 Å². The molecule has 0 aliphatic carbocycles. The summed E-state index contributed by atoms with van der Waals surface area (Å²) in [5, 5.41) is 0. The topological polar surface area (TPSA) is 80.8 Å². The highest BCUT2D eigenvalue weighted by atomic mass is 79.9. The van der Waals surface area contributed by atoms with E-state index in [0.29, 0.717) is 10.4 Å². The van der Waals surface area contributed by atoms with Gasteiger partial charge in [0.05, 0.1) is 19.1 Å². The number of thiophene rings is 1. The lowest BCUT2D eigenvalue weighted by atomic mass is 10.1. The predicted molar refractivity (Wildman–Crippen MR) is 98.7 cm³/mol. The molecule has 2 rings (SSSR count). The highest BCUT2D eigenvalue weighted by Crippen LogP contribution is 2.23. The SMILES string of the molecule is Cc1ccc(S(=O)(=O)N(C)C)cc1C(=O)OCC(=O)c1ccc(Br)s1. The number of aryl methyl sites for hydroxylation is 1. The maximum absolute atomic E-state index is 12.3. The van der Waals surface area contributed by atoms with Gasteiger partial charge in [0.2, 0.25) is 15.8 Å². The number of ketones is 1. The monoisotopic (exact) mass is 445 g/mol. The van der Waals surface area contributed by atoms with Gasteiger partial charge in [0.15, 0.2) is 6.61 Å². The number of esters is 1. The van der Waals surface area contributed by atoms with E-state index in [1.54, 1.807) is 19.1 Å². The number of hydrogen-bond acceptors (Lipinski definition) is 6. The number of rotatable bonds is 6. The number of sulfonamides is 1. The molecule has 0 saturated carbocycles. The fraction of sp³-hybridized carbons (Fsp3) is 0.250. The molecule has 0 aliphatic heterocycles. The zero-order chi connectivity index (χ0) is 18.8. The summed E-state index contributed by atoms with van der Waals surface area (Å²) in [4.78, 5) is 24.7. The Balaban J connectivity index is 2.17. The van der Waals surface area contributed by atoms with E-state index in [-0.39, 0.29) is 16.2 Å². The van der Waals surface area contributed by atoms with Crippen molar-refractivity contribution in [1.29, 1.82) is 0 Å². The van der Waals surface area contributed by atoms with Crippen LogP contribution in [0.5, 0.6) is 0 Å². The maximum atomic E-state index is 12.3. The normalized spacial score (nSPS) is 11.6. The number of carbonyl (C=O) groups is 2. The summed E-state index contributed by atoms with van der Waals surface area (Å²) in [5.74, 6) is -1.06. The number of benzene rings is 1. The van der Waals surface area contributed by atoms with Crippen LogP contribution in [-0.2, 0) is 14.8 Å². The summed E-state index contributed by atoms with van der Waals surface area (Å²) >= 11 is 4.51. The Labute approximate surface area is 158 Å². The van der Waals surface area contributed by atoms with Crippen LogP contribution in [-0.4, -0.2) is 45.2 Å². The summed E-state index contributed by atoms with van der Waals surface area (Å²) < 4.78 is 31.3. The highest BCUT2D eigenvalue weighted by molar-refractivity contribution is 9.11. The Morgan fingerprint density at radius 3 is 2.44 bits per heavy atom. The fourth-order valence-corrected chi connectivity index (χ4v) is 4.18. The Morgan fingerprint density at radius 2 is 1.88 bits per heavy atom. The van der Waals surface area contributed by atoms with E-state index in [4.69, 9.17) is 4.74 Å². The van der Waals surface area contributed by atoms with Gasteiger partial charge < -0.3 is 4.74 Å². The average molecular weight is 446 g/mol. The molecule has 0 atom stereocenters. The third kappa shape index (κ3) is 4.55. The molecule has 0 radical (unpaired) electrons. The first-order valence-corrected chi connectivity index (χ1v) is 10.2. The standard InChI is InChI=1S/C16H16BrNO5S2/c1-10-4-5-11(25(21,22)18(2)3)8-12(10)16(20)23-9-13(19)14-6-7-15(17)24-14/h4-8H,9H2,1-3H3. The van der Waals surface area contributed by atoms with Crippen molar-refractivity contribution in [2.24, 2.45) is 0 Å². The van der Waals surface area contributed by atoms with Gasteiger partial charge in [-0.15, -0.1) is 11.3 Å². The lowest BCUT2D eigenvalue weighted by Crippen LogP contribution is -2.23. The van der Waals surface area contributed by atoms with Crippen molar-refractivity contribution in [3.8, 4) is 0 Å². The van der Waals surface area contributed by atoms with Gasteiger partial charge in [-0.3, -0.25) is 4.79 Å². The van der Waals surface area contributed by atoms with E-state index in [1.165, 1.54) is 43.6 Å². The smallest absolute Gasteiger partial charge is 0.338 e. The van der Waals surface area contributed by atoms with Gasteiger partial charge in [0.25, 0.3) is 0 Å². The first-order chi connectivity index (χ1) is 11.6. The molecule has 0 unspecified atom stereocenters. The Hall–Kier alpha value is -1.55. The number of ether oxygens (including phenoxy) is 1.